The van der Waals surface area contributed by atoms with Crippen LogP contribution in [0.2, 0.25) is 0 Å². The molecule has 1 aromatic heterocycles. The van der Waals surface area contributed by atoms with Gasteiger partial charge in [0.15, 0.2) is 5.78 Å². The normalized spacial score (nSPS) is 15.0. The molecule has 0 spiro atoms. The van der Waals surface area contributed by atoms with Crippen molar-refractivity contribution in [1.29, 1.82) is 0 Å². The fourth-order valence-corrected chi connectivity index (χ4v) is 2.55. The van der Waals surface area contributed by atoms with Crippen LogP contribution in [-0.4, -0.2) is 82.0 Å². The lowest BCUT2D eigenvalue weighted by molar-refractivity contribution is -0.174. The Hall–Kier alpha value is -2.13. The molecule has 0 saturated carbocycles. The monoisotopic (exact) mass is 507 g/mol. The summed E-state index contributed by atoms with van der Waals surface area (Å²) in [5.74, 6) is -1.48. The number of halogens is 1. The highest BCUT2D eigenvalue weighted by Gasteiger charge is 2.51. The number of primary amides is 1. The Morgan fingerprint density at radius 3 is 2.03 bits per heavy atom. The van der Waals surface area contributed by atoms with Gasteiger partial charge >= 0.3 is 0 Å². The third-order valence-corrected chi connectivity index (χ3v) is 4.55. The van der Waals surface area contributed by atoms with E-state index in [0.717, 1.165) is 6.92 Å². The average molecular weight is 508 g/mol. The van der Waals surface area contributed by atoms with Gasteiger partial charge in [0.25, 0.3) is 0 Å². The standard InChI is InChI=1S/C8H13BrO7.C7H7NO.C2H2N2S/c1-3(11)8(16,7(9)15)6(14)5(13)4(12)2-10;8-7(9)6-4-2-1-3-5-6;1-2-5-4-3-1/h4-6,10,12-14,16H,2H2,1H3;1-5H,(H2,8,9);1-2H. The Bertz CT molecular complexity index is 747. The second-order valence-electron chi connectivity index (χ2n) is 5.60. The number of hydrogen-bond acceptors (Lipinski definition) is 11. The maximum atomic E-state index is 11.0. The summed E-state index contributed by atoms with van der Waals surface area (Å²) < 4.78 is 2.27. The first-order valence-electron chi connectivity index (χ1n) is 8.14. The molecule has 0 fully saturated rings. The summed E-state index contributed by atoms with van der Waals surface area (Å²) in [6.45, 7) is -0.0664. The van der Waals surface area contributed by atoms with Gasteiger partial charge in [-0.05, 0) is 46.5 Å². The van der Waals surface area contributed by atoms with Crippen molar-refractivity contribution < 1.29 is 39.9 Å². The van der Waals surface area contributed by atoms with Gasteiger partial charge in [0, 0.05) is 10.9 Å². The van der Waals surface area contributed by atoms with E-state index in [2.05, 4.69) is 25.5 Å². The zero-order valence-electron chi connectivity index (χ0n) is 15.7. The first kappa shape index (κ1) is 27.9. The molecule has 4 atom stereocenters. The van der Waals surface area contributed by atoms with Crippen molar-refractivity contribution in [2.75, 3.05) is 6.61 Å². The predicted octanol–water partition coefficient (Wildman–Crippen LogP) is -1.37. The lowest BCUT2D eigenvalue weighted by Gasteiger charge is -2.31. The smallest absolute Gasteiger partial charge is 0.248 e. The van der Waals surface area contributed by atoms with Crippen LogP contribution in [0.4, 0.5) is 0 Å². The number of rotatable bonds is 7. The molecule has 0 aliphatic heterocycles. The minimum atomic E-state index is -2.87. The first-order chi connectivity index (χ1) is 14.0. The Kier molecular flexibility index (Phi) is 13.0. The van der Waals surface area contributed by atoms with Gasteiger partial charge < -0.3 is 31.3 Å². The van der Waals surface area contributed by atoms with Crippen molar-refractivity contribution in [1.82, 2.24) is 9.59 Å². The van der Waals surface area contributed by atoms with Gasteiger partial charge in [-0.15, -0.1) is 5.10 Å². The fraction of sp³-hybridized carbons (Fsp3) is 0.353. The molecule has 13 heteroatoms. The van der Waals surface area contributed by atoms with Gasteiger partial charge in [-0.25, -0.2) is 0 Å². The molecule has 0 saturated heterocycles. The number of aliphatic hydroxyl groups is 5. The molecule has 1 heterocycles. The molecule has 0 aliphatic rings. The highest BCUT2D eigenvalue weighted by atomic mass is 79.9. The molecule has 166 valence electrons. The lowest BCUT2D eigenvalue weighted by atomic mass is 9.88. The van der Waals surface area contributed by atoms with Gasteiger partial charge in [0.05, 0.1) is 12.8 Å². The highest BCUT2D eigenvalue weighted by Crippen LogP contribution is 2.21. The van der Waals surface area contributed by atoms with Crippen molar-refractivity contribution in [3.05, 3.63) is 47.5 Å². The SMILES string of the molecule is CC(=O)C(O)(C(=O)Br)C(O)C(O)C(O)CO.NC(=O)c1ccccc1.c1csnn1. The van der Waals surface area contributed by atoms with E-state index >= 15 is 0 Å². The Labute approximate surface area is 184 Å². The van der Waals surface area contributed by atoms with E-state index < -0.39 is 41.0 Å². The molecule has 30 heavy (non-hydrogen) atoms. The van der Waals surface area contributed by atoms with Crippen LogP contribution in [0, 0.1) is 0 Å². The van der Waals surface area contributed by atoms with Crippen LogP contribution >= 0.6 is 27.5 Å². The molecule has 1 aromatic carbocycles. The molecule has 2 rings (SSSR count). The Balaban J connectivity index is 0.000000493. The quantitative estimate of drug-likeness (QED) is 0.191. The minimum absolute atomic E-state index is 0.379. The van der Waals surface area contributed by atoms with Gasteiger partial charge in [0.1, 0.15) is 18.3 Å². The van der Waals surface area contributed by atoms with Gasteiger partial charge in [-0.2, -0.15) is 0 Å². The van der Waals surface area contributed by atoms with Gasteiger partial charge in [-0.1, -0.05) is 22.7 Å². The number of carbonyl (C=O) groups is 3. The number of hydrogen-bond donors (Lipinski definition) is 6. The number of amides is 1. The van der Waals surface area contributed by atoms with Gasteiger partial charge in [-0.3, -0.25) is 14.4 Å². The molecule has 11 nitrogen and oxygen atoms in total. The van der Waals surface area contributed by atoms with Crippen LogP contribution in [0.15, 0.2) is 41.9 Å². The summed E-state index contributed by atoms with van der Waals surface area (Å²) in [5.41, 5.74) is 2.66. The van der Waals surface area contributed by atoms with Crippen molar-refractivity contribution in [3.63, 3.8) is 0 Å². The Morgan fingerprint density at radius 1 is 1.20 bits per heavy atom. The number of ketones is 1. The summed E-state index contributed by atoms with van der Waals surface area (Å²) in [6.07, 6.45) is -4.42. The summed E-state index contributed by atoms with van der Waals surface area (Å²) in [6, 6.07) is 8.76. The van der Waals surface area contributed by atoms with Crippen LogP contribution in [0.25, 0.3) is 0 Å². The minimum Gasteiger partial charge on any atom is -0.394 e. The van der Waals surface area contributed by atoms with E-state index in [1.165, 1.54) is 11.5 Å². The number of carbonyl (C=O) groups excluding carboxylic acids is 3. The second kappa shape index (κ2) is 14.0. The topological polar surface area (TPSA) is 204 Å². The number of Topliss-reactive ketones (excluding diaryl/α,β-unsaturated/α-hetero) is 1. The van der Waals surface area contributed by atoms with Crippen molar-refractivity contribution >= 4 is 43.8 Å². The third kappa shape index (κ3) is 8.71. The largest absolute Gasteiger partial charge is 0.394 e. The van der Waals surface area contributed by atoms with E-state index in [1.807, 2.05) is 11.4 Å². The summed E-state index contributed by atoms with van der Waals surface area (Å²) >= 11 is 3.66. The van der Waals surface area contributed by atoms with E-state index in [4.69, 9.17) is 15.9 Å². The number of aliphatic hydroxyl groups excluding tert-OH is 4. The summed E-state index contributed by atoms with van der Waals surface area (Å²) in [7, 11) is 0. The van der Waals surface area contributed by atoms with Crippen molar-refractivity contribution in [2.45, 2.75) is 30.8 Å². The van der Waals surface area contributed by atoms with Crippen LogP contribution in [0.1, 0.15) is 17.3 Å². The molecule has 2 aromatic rings. The van der Waals surface area contributed by atoms with E-state index in [1.54, 1.807) is 30.5 Å². The molecule has 0 aliphatic carbocycles. The maximum absolute atomic E-state index is 11.0. The molecular formula is C17H22BrN3O8S. The number of aromatic nitrogens is 2. The van der Waals surface area contributed by atoms with Crippen LogP contribution in [0.3, 0.4) is 0 Å². The van der Waals surface area contributed by atoms with Crippen molar-refractivity contribution in [3.8, 4) is 0 Å². The molecule has 7 N–H and O–H groups in total. The summed E-state index contributed by atoms with van der Waals surface area (Å²) in [5, 5.41) is 51.1. The third-order valence-electron chi connectivity index (χ3n) is 3.51. The van der Waals surface area contributed by atoms with Crippen LogP contribution < -0.4 is 5.73 Å². The zero-order valence-corrected chi connectivity index (χ0v) is 18.1. The van der Waals surface area contributed by atoms with E-state index in [9.17, 15) is 29.7 Å². The van der Waals surface area contributed by atoms with E-state index in [0.29, 0.717) is 5.56 Å². The zero-order chi connectivity index (χ0) is 23.3. The first-order valence-corrected chi connectivity index (χ1v) is 9.77. The second-order valence-corrected chi connectivity index (χ2v) is 6.97. The van der Waals surface area contributed by atoms with Crippen molar-refractivity contribution in [2.24, 2.45) is 5.73 Å². The fourth-order valence-electron chi connectivity index (χ4n) is 1.77. The highest BCUT2D eigenvalue weighted by molar-refractivity contribution is 9.18. The van der Waals surface area contributed by atoms with Crippen LogP contribution in [-0.2, 0) is 9.59 Å². The number of nitrogens with two attached hydrogens (primary N) is 1. The van der Waals surface area contributed by atoms with E-state index in [-0.39, 0.29) is 5.91 Å². The maximum Gasteiger partial charge on any atom is 0.248 e. The number of benzene rings is 1. The number of nitrogens with zero attached hydrogens (tertiary/aromatic N) is 2. The predicted molar refractivity (Wildman–Crippen MR) is 110 cm³/mol. The summed E-state index contributed by atoms with van der Waals surface area (Å²) in [4.78, 5) is 32.5. The van der Waals surface area contributed by atoms with Crippen LogP contribution in [0.5, 0.6) is 0 Å². The van der Waals surface area contributed by atoms with Gasteiger partial charge in [0.2, 0.25) is 16.2 Å². The molecular weight excluding hydrogens is 486 g/mol. The Morgan fingerprint density at radius 2 is 1.77 bits per heavy atom. The molecule has 1 amide bonds. The molecule has 0 radical (unpaired) electrons. The molecule has 0 bridgehead atoms. The average Bonchev–Trinajstić information content (AvgIpc) is 3.32. The molecule has 4 unspecified atom stereocenters. The lowest BCUT2D eigenvalue weighted by Crippen LogP contribution is -2.60.